The number of hydrogen-bond acceptors (Lipinski definition) is 7. The van der Waals surface area contributed by atoms with E-state index in [2.05, 4.69) is 15.5 Å². The molecule has 1 aromatic heterocycles. The molecule has 7 nitrogen and oxygen atoms in total. The number of rotatable bonds is 4. The fourth-order valence-electron chi connectivity index (χ4n) is 2.54. The number of carbonyl (C=O) groups is 1. The van der Waals surface area contributed by atoms with Gasteiger partial charge in [-0.15, -0.1) is 10.2 Å². The van der Waals surface area contributed by atoms with Crippen molar-refractivity contribution in [2.75, 3.05) is 0 Å². The average molecular weight is 332 g/mol. The van der Waals surface area contributed by atoms with Crippen molar-refractivity contribution in [3.63, 3.8) is 0 Å². The number of para-hydroxylation sites is 1. The molecule has 120 valence electrons. The zero-order chi connectivity index (χ0) is 16.4. The highest BCUT2D eigenvalue weighted by atomic mass is 32.1. The molecule has 2 aromatic rings. The lowest BCUT2D eigenvalue weighted by Crippen LogP contribution is -2.53. The maximum atomic E-state index is 12.1. The van der Waals surface area contributed by atoms with Crippen molar-refractivity contribution in [1.82, 2.24) is 15.5 Å². The summed E-state index contributed by atoms with van der Waals surface area (Å²) in [6.45, 7) is 2.24. The number of carbonyl (C=O) groups excluding carboxylic acids is 1. The normalized spacial score (nSPS) is 16.7. The first-order valence-corrected chi connectivity index (χ1v) is 8.12. The molecule has 0 saturated carbocycles. The Morgan fingerprint density at radius 2 is 2.30 bits per heavy atom. The number of benzene rings is 1. The van der Waals surface area contributed by atoms with Gasteiger partial charge in [-0.1, -0.05) is 29.5 Å². The van der Waals surface area contributed by atoms with Gasteiger partial charge in [-0.3, -0.25) is 4.79 Å². The van der Waals surface area contributed by atoms with Crippen LogP contribution in [0.15, 0.2) is 18.2 Å². The minimum Gasteiger partial charge on any atom is -0.534 e. The van der Waals surface area contributed by atoms with Crippen LogP contribution in [0.4, 0.5) is 0 Å². The van der Waals surface area contributed by atoms with Crippen LogP contribution < -0.4 is 15.7 Å². The van der Waals surface area contributed by atoms with Gasteiger partial charge in [0.15, 0.2) is 0 Å². The molecule has 1 aliphatic rings. The van der Waals surface area contributed by atoms with Crippen molar-refractivity contribution >= 4 is 24.4 Å². The van der Waals surface area contributed by atoms with Crippen molar-refractivity contribution < 1.29 is 14.5 Å². The van der Waals surface area contributed by atoms with Crippen molar-refractivity contribution in [3.8, 4) is 5.75 Å². The molecule has 0 radical (unpaired) electrons. The van der Waals surface area contributed by atoms with E-state index in [1.807, 2.05) is 25.1 Å². The molecule has 2 heterocycles. The molecule has 1 aliphatic heterocycles. The highest BCUT2D eigenvalue weighted by Crippen LogP contribution is 2.29. The lowest BCUT2D eigenvalue weighted by molar-refractivity contribution is -0.120. The van der Waals surface area contributed by atoms with Crippen LogP contribution >= 0.6 is 11.3 Å². The van der Waals surface area contributed by atoms with E-state index in [0.717, 1.165) is 11.1 Å². The number of hydrogen-bond donors (Lipinski definition) is 3. The van der Waals surface area contributed by atoms with E-state index < -0.39 is 13.1 Å². The van der Waals surface area contributed by atoms with E-state index in [9.17, 15) is 9.82 Å². The van der Waals surface area contributed by atoms with E-state index in [4.69, 9.17) is 10.4 Å². The van der Waals surface area contributed by atoms with Crippen LogP contribution in [0.25, 0.3) is 0 Å². The van der Waals surface area contributed by atoms with Crippen LogP contribution in [0.1, 0.15) is 21.1 Å². The number of aromatic nitrogens is 2. The largest absolute Gasteiger partial charge is 0.547 e. The van der Waals surface area contributed by atoms with E-state index in [1.165, 1.54) is 11.3 Å². The van der Waals surface area contributed by atoms with E-state index in [1.54, 1.807) is 0 Å². The highest BCUT2D eigenvalue weighted by Gasteiger charge is 2.36. The van der Waals surface area contributed by atoms with Gasteiger partial charge in [0.05, 0.1) is 12.4 Å². The van der Waals surface area contributed by atoms with Crippen LogP contribution in [-0.2, 0) is 24.2 Å². The summed E-state index contributed by atoms with van der Waals surface area (Å²) in [7, 11) is -1.07. The van der Waals surface area contributed by atoms with Crippen molar-refractivity contribution in [1.29, 1.82) is 0 Å². The smallest absolute Gasteiger partial charge is 0.534 e. The second-order valence-corrected chi connectivity index (χ2v) is 6.57. The van der Waals surface area contributed by atoms with Gasteiger partial charge >= 0.3 is 7.12 Å². The SMILES string of the molecule is Cc1cccc2c1OB(O)C(NC(=O)Cc1nnc(CN)s1)C2. The maximum Gasteiger partial charge on any atom is 0.547 e. The van der Waals surface area contributed by atoms with Gasteiger partial charge < -0.3 is 20.7 Å². The maximum absolute atomic E-state index is 12.1. The minimum atomic E-state index is -1.07. The molecular formula is C14H17BN4O3S. The molecule has 4 N–H and O–H groups in total. The standard InChI is InChI=1S/C14H17BN4O3S/c1-8-3-2-4-9-5-10(15(21)22-14(8)9)17-11(20)6-12-18-19-13(7-16)23-12/h2-4,10,21H,5-7,16H2,1H3,(H,17,20). The topological polar surface area (TPSA) is 110 Å². The first-order valence-electron chi connectivity index (χ1n) is 7.30. The number of nitrogens with zero attached hydrogens (tertiary/aromatic N) is 2. The molecule has 1 aromatic carbocycles. The number of aryl methyl sites for hydroxylation is 1. The van der Waals surface area contributed by atoms with Gasteiger partial charge in [0, 0.05) is 6.54 Å². The van der Waals surface area contributed by atoms with Crippen LogP contribution in [0.5, 0.6) is 5.75 Å². The lowest BCUT2D eigenvalue weighted by atomic mass is 9.72. The van der Waals surface area contributed by atoms with Crippen molar-refractivity contribution in [2.24, 2.45) is 5.73 Å². The van der Waals surface area contributed by atoms with E-state index in [0.29, 0.717) is 28.7 Å². The molecule has 1 amide bonds. The summed E-state index contributed by atoms with van der Waals surface area (Å²) in [5.41, 5.74) is 7.42. The monoisotopic (exact) mass is 332 g/mol. The Morgan fingerprint density at radius 1 is 1.52 bits per heavy atom. The third-order valence-electron chi connectivity index (χ3n) is 3.66. The van der Waals surface area contributed by atoms with Gasteiger partial charge in [-0.25, -0.2) is 0 Å². The van der Waals surface area contributed by atoms with E-state index >= 15 is 0 Å². The Balaban J connectivity index is 1.64. The second-order valence-electron chi connectivity index (χ2n) is 5.42. The summed E-state index contributed by atoms with van der Waals surface area (Å²) >= 11 is 1.31. The summed E-state index contributed by atoms with van der Waals surface area (Å²) < 4.78 is 5.55. The second kappa shape index (κ2) is 6.65. The quantitative estimate of drug-likeness (QED) is 0.679. The Hall–Kier alpha value is -1.97. The molecule has 0 aliphatic carbocycles. The summed E-state index contributed by atoms with van der Waals surface area (Å²) in [5, 5.41) is 22.0. The van der Waals surface area contributed by atoms with Gasteiger partial charge in [0.2, 0.25) is 5.91 Å². The van der Waals surface area contributed by atoms with Gasteiger partial charge in [0.1, 0.15) is 15.8 Å². The molecular weight excluding hydrogens is 315 g/mol. The molecule has 0 spiro atoms. The first-order chi connectivity index (χ1) is 11.1. The van der Waals surface area contributed by atoms with Crippen LogP contribution in [0.3, 0.4) is 0 Å². The first kappa shape index (κ1) is 15.9. The Labute approximate surface area is 138 Å². The molecule has 1 atom stereocenters. The number of nitrogens with one attached hydrogen (secondary N) is 1. The molecule has 9 heteroatoms. The van der Waals surface area contributed by atoms with E-state index in [-0.39, 0.29) is 12.3 Å². The van der Waals surface area contributed by atoms with Gasteiger partial charge in [-0.2, -0.15) is 0 Å². The summed E-state index contributed by atoms with van der Waals surface area (Å²) in [6.07, 6.45) is 0.635. The molecule has 0 bridgehead atoms. The third-order valence-corrected chi connectivity index (χ3v) is 4.60. The zero-order valence-electron chi connectivity index (χ0n) is 12.7. The number of amides is 1. The van der Waals surface area contributed by atoms with Gasteiger partial charge in [0.25, 0.3) is 0 Å². The van der Waals surface area contributed by atoms with Crippen LogP contribution in [0.2, 0.25) is 0 Å². The number of fused-ring (bicyclic) bond motifs is 1. The van der Waals surface area contributed by atoms with Crippen molar-refractivity contribution in [3.05, 3.63) is 39.3 Å². The van der Waals surface area contributed by atoms with Gasteiger partial charge in [-0.05, 0) is 24.5 Å². The zero-order valence-corrected chi connectivity index (χ0v) is 13.5. The molecule has 0 saturated heterocycles. The molecule has 0 fully saturated rings. The number of nitrogens with two attached hydrogens (primary N) is 1. The average Bonchev–Trinajstić information content (AvgIpc) is 2.96. The van der Waals surface area contributed by atoms with Crippen LogP contribution in [0, 0.1) is 6.92 Å². The highest BCUT2D eigenvalue weighted by molar-refractivity contribution is 7.11. The summed E-state index contributed by atoms with van der Waals surface area (Å²) in [4.78, 5) is 12.1. The predicted molar refractivity (Wildman–Crippen MR) is 86.9 cm³/mol. The molecule has 23 heavy (non-hydrogen) atoms. The van der Waals surface area contributed by atoms with Crippen LogP contribution in [-0.4, -0.2) is 34.2 Å². The molecule has 1 unspecified atom stereocenters. The Kier molecular flexibility index (Phi) is 4.60. The lowest BCUT2D eigenvalue weighted by Gasteiger charge is -2.29. The summed E-state index contributed by atoms with van der Waals surface area (Å²) in [6, 6.07) is 5.80. The Bertz CT molecular complexity index is 724. The summed E-state index contributed by atoms with van der Waals surface area (Å²) in [5.74, 6) is -0.0191. The fraction of sp³-hybridized carbons (Fsp3) is 0.357. The predicted octanol–water partition coefficient (Wildman–Crippen LogP) is -0.0127. The minimum absolute atomic E-state index is 0.113. The fourth-order valence-corrected chi connectivity index (χ4v) is 3.26. The van der Waals surface area contributed by atoms with Crippen molar-refractivity contribution in [2.45, 2.75) is 32.3 Å². The Morgan fingerprint density at radius 3 is 3.04 bits per heavy atom. The molecule has 3 rings (SSSR count). The third kappa shape index (κ3) is 3.52.